The smallest absolute Gasteiger partial charge is 0.209 e. The number of nitrogens with zero attached hydrogens (tertiary/aromatic N) is 6. The Morgan fingerprint density at radius 1 is 1.29 bits per heavy atom. The normalized spacial score (nSPS) is 11.1. The summed E-state index contributed by atoms with van der Waals surface area (Å²) in [6.45, 7) is 0. The van der Waals surface area contributed by atoms with Gasteiger partial charge in [0.15, 0.2) is 5.65 Å². The Labute approximate surface area is 123 Å². The van der Waals surface area contributed by atoms with Crippen LogP contribution in [0.15, 0.2) is 42.4 Å². The highest BCUT2D eigenvalue weighted by atomic mass is 32.1. The second kappa shape index (κ2) is 4.67. The molecule has 4 rings (SSSR count). The molecule has 21 heavy (non-hydrogen) atoms. The van der Waals surface area contributed by atoms with Gasteiger partial charge in [0, 0.05) is 25.0 Å². The minimum Gasteiger partial charge on any atom is -0.327 e. The second-order valence-electron chi connectivity index (χ2n) is 4.53. The Kier molecular flexibility index (Phi) is 2.68. The first-order valence-electron chi connectivity index (χ1n) is 6.29. The van der Waals surface area contributed by atoms with E-state index >= 15 is 0 Å². The highest BCUT2D eigenvalue weighted by molar-refractivity contribution is 7.13. The van der Waals surface area contributed by atoms with E-state index in [1.807, 2.05) is 48.4 Å². The van der Waals surface area contributed by atoms with Crippen LogP contribution in [0.3, 0.4) is 0 Å². The van der Waals surface area contributed by atoms with E-state index < -0.39 is 0 Å². The summed E-state index contributed by atoms with van der Waals surface area (Å²) >= 11 is 1.45. The topological polar surface area (TPSA) is 72.9 Å². The zero-order chi connectivity index (χ0) is 14.2. The number of aromatic nitrogens is 6. The molecule has 0 unspecified atom stereocenters. The maximum Gasteiger partial charge on any atom is 0.209 e. The lowest BCUT2D eigenvalue weighted by Crippen LogP contribution is -1.95. The third kappa shape index (κ3) is 2.05. The third-order valence-electron chi connectivity index (χ3n) is 3.14. The van der Waals surface area contributed by atoms with E-state index in [1.165, 1.54) is 11.3 Å². The SMILES string of the molecule is Cn1cc(-c2cnc3c(Nc4nncs4)cccn23)cn1. The fourth-order valence-electron chi connectivity index (χ4n) is 2.22. The van der Waals surface area contributed by atoms with Crippen molar-refractivity contribution in [3.8, 4) is 11.3 Å². The number of imidazole rings is 1. The fraction of sp³-hybridized carbons (Fsp3) is 0.0769. The van der Waals surface area contributed by atoms with Gasteiger partial charge in [-0.25, -0.2) is 4.98 Å². The maximum absolute atomic E-state index is 4.50. The first kappa shape index (κ1) is 12.0. The summed E-state index contributed by atoms with van der Waals surface area (Å²) in [5, 5.41) is 16.0. The number of anilines is 2. The van der Waals surface area contributed by atoms with E-state index in [1.54, 1.807) is 10.2 Å². The Balaban J connectivity index is 1.82. The summed E-state index contributed by atoms with van der Waals surface area (Å²) in [6, 6.07) is 3.94. The van der Waals surface area contributed by atoms with E-state index in [4.69, 9.17) is 0 Å². The molecule has 7 nitrogen and oxygen atoms in total. The lowest BCUT2D eigenvalue weighted by Gasteiger charge is -2.05. The van der Waals surface area contributed by atoms with Crippen LogP contribution in [0, 0.1) is 0 Å². The monoisotopic (exact) mass is 297 g/mol. The van der Waals surface area contributed by atoms with Gasteiger partial charge in [0.25, 0.3) is 0 Å². The summed E-state index contributed by atoms with van der Waals surface area (Å²) in [5.74, 6) is 0. The summed E-state index contributed by atoms with van der Waals surface area (Å²) in [5.41, 5.74) is 5.45. The highest BCUT2D eigenvalue weighted by Gasteiger charge is 2.11. The van der Waals surface area contributed by atoms with Crippen LogP contribution >= 0.6 is 11.3 Å². The molecule has 4 aromatic heterocycles. The molecule has 0 aliphatic heterocycles. The highest BCUT2D eigenvalue weighted by Crippen LogP contribution is 2.26. The summed E-state index contributed by atoms with van der Waals surface area (Å²) in [7, 11) is 1.90. The lowest BCUT2D eigenvalue weighted by atomic mass is 10.3. The lowest BCUT2D eigenvalue weighted by molar-refractivity contribution is 0.768. The van der Waals surface area contributed by atoms with E-state index in [2.05, 4.69) is 25.6 Å². The minimum absolute atomic E-state index is 0.744. The first-order valence-corrected chi connectivity index (χ1v) is 7.17. The Morgan fingerprint density at radius 2 is 2.24 bits per heavy atom. The van der Waals surface area contributed by atoms with Crippen LogP contribution in [0.5, 0.6) is 0 Å². The molecule has 0 fully saturated rings. The fourth-order valence-corrected chi connectivity index (χ4v) is 2.68. The van der Waals surface area contributed by atoms with E-state index in [-0.39, 0.29) is 0 Å². The molecule has 0 radical (unpaired) electrons. The molecular weight excluding hydrogens is 286 g/mol. The molecule has 4 heterocycles. The van der Waals surface area contributed by atoms with E-state index in [9.17, 15) is 0 Å². The average molecular weight is 297 g/mol. The van der Waals surface area contributed by atoms with Gasteiger partial charge in [-0.05, 0) is 12.1 Å². The molecular formula is C13H11N7S. The minimum atomic E-state index is 0.744. The van der Waals surface area contributed by atoms with Crippen molar-refractivity contribution in [3.63, 3.8) is 0 Å². The van der Waals surface area contributed by atoms with Crippen molar-refractivity contribution in [2.45, 2.75) is 0 Å². The van der Waals surface area contributed by atoms with Gasteiger partial charge in [-0.1, -0.05) is 11.3 Å². The van der Waals surface area contributed by atoms with Gasteiger partial charge < -0.3 is 5.32 Å². The van der Waals surface area contributed by atoms with Crippen LogP contribution in [0.4, 0.5) is 10.8 Å². The Hall–Kier alpha value is -2.74. The van der Waals surface area contributed by atoms with Crippen LogP contribution in [-0.4, -0.2) is 29.4 Å². The standard InChI is InChI=1S/C13H11N7S/c1-19-7-9(5-16-19)11-6-14-12-10(3-2-4-20(11)12)17-13-18-15-8-21-13/h2-8H,1H3,(H,17,18). The Morgan fingerprint density at radius 3 is 3.00 bits per heavy atom. The summed E-state index contributed by atoms with van der Waals surface area (Å²) in [6.07, 6.45) is 7.62. The van der Waals surface area contributed by atoms with Crippen LogP contribution in [0.1, 0.15) is 0 Å². The number of nitrogens with one attached hydrogen (secondary N) is 1. The molecule has 0 spiro atoms. The number of hydrogen-bond donors (Lipinski definition) is 1. The number of rotatable bonds is 3. The van der Waals surface area contributed by atoms with Crippen LogP contribution < -0.4 is 5.32 Å². The van der Waals surface area contributed by atoms with Crippen molar-refractivity contribution in [1.29, 1.82) is 0 Å². The van der Waals surface area contributed by atoms with E-state index in [0.717, 1.165) is 27.7 Å². The zero-order valence-electron chi connectivity index (χ0n) is 11.1. The van der Waals surface area contributed by atoms with Gasteiger partial charge in [-0.2, -0.15) is 5.10 Å². The van der Waals surface area contributed by atoms with Crippen molar-refractivity contribution in [2.75, 3.05) is 5.32 Å². The molecule has 0 saturated heterocycles. The number of aryl methyl sites for hydroxylation is 1. The van der Waals surface area contributed by atoms with Gasteiger partial charge in [-0.15, -0.1) is 10.2 Å². The van der Waals surface area contributed by atoms with Crippen LogP contribution in [0.25, 0.3) is 16.9 Å². The van der Waals surface area contributed by atoms with Crippen LogP contribution in [0.2, 0.25) is 0 Å². The average Bonchev–Trinajstić information content (AvgIpc) is 3.18. The molecule has 0 atom stereocenters. The summed E-state index contributed by atoms with van der Waals surface area (Å²) < 4.78 is 3.80. The largest absolute Gasteiger partial charge is 0.327 e. The number of hydrogen-bond acceptors (Lipinski definition) is 6. The number of pyridine rings is 1. The third-order valence-corrected chi connectivity index (χ3v) is 3.74. The van der Waals surface area contributed by atoms with Gasteiger partial charge in [0.2, 0.25) is 5.13 Å². The van der Waals surface area contributed by atoms with Crippen molar-refractivity contribution in [1.82, 2.24) is 29.4 Å². The van der Waals surface area contributed by atoms with Gasteiger partial charge in [0.1, 0.15) is 5.51 Å². The molecule has 0 saturated carbocycles. The van der Waals surface area contributed by atoms with Crippen molar-refractivity contribution in [3.05, 3.63) is 42.4 Å². The molecule has 8 heteroatoms. The molecule has 0 amide bonds. The molecule has 1 N–H and O–H groups in total. The molecule has 0 bridgehead atoms. The zero-order valence-corrected chi connectivity index (χ0v) is 11.9. The second-order valence-corrected chi connectivity index (χ2v) is 5.36. The predicted octanol–water partition coefficient (Wildman–Crippen LogP) is 2.33. The molecule has 0 aliphatic carbocycles. The molecule has 104 valence electrons. The van der Waals surface area contributed by atoms with Crippen LogP contribution in [-0.2, 0) is 7.05 Å². The van der Waals surface area contributed by atoms with Gasteiger partial charge in [-0.3, -0.25) is 9.08 Å². The van der Waals surface area contributed by atoms with Gasteiger partial charge in [0.05, 0.1) is 23.8 Å². The maximum atomic E-state index is 4.50. The molecule has 4 aromatic rings. The number of fused-ring (bicyclic) bond motifs is 1. The van der Waals surface area contributed by atoms with Crippen molar-refractivity contribution < 1.29 is 0 Å². The summed E-state index contributed by atoms with van der Waals surface area (Å²) in [4.78, 5) is 4.50. The van der Waals surface area contributed by atoms with E-state index in [0.29, 0.717) is 0 Å². The quantitative estimate of drug-likeness (QED) is 0.628. The first-order chi connectivity index (χ1) is 10.3. The Bertz CT molecular complexity index is 890. The van der Waals surface area contributed by atoms with Gasteiger partial charge >= 0.3 is 0 Å². The van der Waals surface area contributed by atoms with Crippen molar-refractivity contribution in [2.24, 2.45) is 7.05 Å². The van der Waals surface area contributed by atoms with Crippen molar-refractivity contribution >= 4 is 27.8 Å². The predicted molar refractivity (Wildman–Crippen MR) is 80.6 cm³/mol. The molecule has 0 aliphatic rings. The molecule has 0 aromatic carbocycles.